The van der Waals surface area contributed by atoms with E-state index in [0.717, 1.165) is 7.11 Å². The molecule has 0 bridgehead atoms. The van der Waals surface area contributed by atoms with Gasteiger partial charge in [-0.05, 0) is 31.5 Å². The van der Waals surface area contributed by atoms with Crippen LogP contribution in [0, 0.1) is 5.21 Å². The Labute approximate surface area is 163 Å². The van der Waals surface area contributed by atoms with Crippen LogP contribution in [0.5, 0.6) is 0 Å². The van der Waals surface area contributed by atoms with Gasteiger partial charge in [0.05, 0.1) is 29.9 Å². The molecule has 158 valence electrons. The number of nitrogens with one attached hydrogen (secondary N) is 1. The highest BCUT2D eigenvalue weighted by Crippen LogP contribution is 2.40. The largest absolute Gasteiger partial charge is 0.733 e. The van der Waals surface area contributed by atoms with Crippen molar-refractivity contribution in [2.24, 2.45) is 0 Å². The molecule has 1 heterocycles. The van der Waals surface area contributed by atoms with Gasteiger partial charge in [0.25, 0.3) is 0 Å². The summed E-state index contributed by atoms with van der Waals surface area (Å²) in [6, 6.07) is 5.29. The highest BCUT2D eigenvalue weighted by molar-refractivity contribution is 5.99. The van der Waals surface area contributed by atoms with Crippen LogP contribution >= 0.6 is 0 Å². The summed E-state index contributed by atoms with van der Waals surface area (Å²) in [5.41, 5.74) is 0.152. The van der Waals surface area contributed by atoms with Crippen molar-refractivity contribution in [2.45, 2.75) is 25.9 Å². The molecule has 29 heavy (non-hydrogen) atoms. The number of carbonyl (C=O) groups is 2. The summed E-state index contributed by atoms with van der Waals surface area (Å²) in [5.74, 6) is -3.31. The van der Waals surface area contributed by atoms with Crippen molar-refractivity contribution in [1.82, 2.24) is 5.32 Å². The molecule has 0 saturated carbocycles. The molecule has 11 heteroatoms. The average molecular weight is 415 g/mol. The number of esters is 2. The minimum absolute atomic E-state index is 0.0513. The lowest BCUT2D eigenvalue weighted by atomic mass is 9.80. The number of anilines is 1. The molecule has 2 rings (SSSR count). The van der Waals surface area contributed by atoms with Gasteiger partial charge in [-0.3, -0.25) is 5.21 Å². The zero-order valence-corrected chi connectivity index (χ0v) is 15.7. The number of nitrogens with zero attached hydrogens (tertiary/aromatic N) is 1. The van der Waals surface area contributed by atoms with Gasteiger partial charge in [-0.25, -0.2) is 9.59 Å². The van der Waals surface area contributed by atoms with Crippen molar-refractivity contribution in [2.75, 3.05) is 18.9 Å². The topological polar surface area (TPSA) is 111 Å². The molecular formula is C18H18F3N2O6-. The van der Waals surface area contributed by atoms with E-state index in [1.165, 1.54) is 38.1 Å². The predicted molar refractivity (Wildman–Crippen MR) is 94.4 cm³/mol. The lowest BCUT2D eigenvalue weighted by Gasteiger charge is -2.31. The van der Waals surface area contributed by atoms with E-state index in [9.17, 15) is 28.0 Å². The Morgan fingerprint density at radius 3 is 2.31 bits per heavy atom. The Bertz CT molecular complexity index is 877. The van der Waals surface area contributed by atoms with Crippen LogP contribution in [0.4, 0.5) is 18.9 Å². The summed E-state index contributed by atoms with van der Waals surface area (Å²) in [6.45, 7) is 1.15. The van der Waals surface area contributed by atoms with Crippen LogP contribution in [0.25, 0.3) is 0 Å². The highest BCUT2D eigenvalue weighted by atomic mass is 19.4. The third-order valence-electron chi connectivity index (χ3n) is 4.18. The molecule has 1 aliphatic heterocycles. The number of halogens is 3. The van der Waals surface area contributed by atoms with Crippen molar-refractivity contribution in [3.63, 3.8) is 0 Å². The van der Waals surface area contributed by atoms with Gasteiger partial charge < -0.3 is 25.2 Å². The maximum atomic E-state index is 12.5. The maximum Gasteiger partial charge on any atom is 0.422 e. The first-order valence-corrected chi connectivity index (χ1v) is 8.23. The van der Waals surface area contributed by atoms with Gasteiger partial charge in [-0.2, -0.15) is 13.2 Å². The van der Waals surface area contributed by atoms with Crippen molar-refractivity contribution in [3.05, 3.63) is 57.6 Å². The minimum Gasteiger partial charge on any atom is -0.733 e. The lowest BCUT2D eigenvalue weighted by Crippen LogP contribution is -2.33. The molecule has 1 aliphatic rings. The molecule has 2 N–H and O–H groups in total. The van der Waals surface area contributed by atoms with Gasteiger partial charge in [-0.15, -0.1) is 0 Å². The summed E-state index contributed by atoms with van der Waals surface area (Å²) in [4.78, 5) is 24.9. The molecule has 0 fully saturated rings. The Balaban J connectivity index is 2.60. The molecular weight excluding hydrogens is 397 g/mol. The van der Waals surface area contributed by atoms with Gasteiger partial charge in [0.15, 0.2) is 6.61 Å². The van der Waals surface area contributed by atoms with Gasteiger partial charge in [0, 0.05) is 11.4 Å². The van der Waals surface area contributed by atoms with E-state index < -0.39 is 35.9 Å². The first-order chi connectivity index (χ1) is 13.5. The molecule has 8 nitrogen and oxygen atoms in total. The predicted octanol–water partition coefficient (Wildman–Crippen LogP) is 2.89. The SMILES string of the molecule is COC(=O)C1=C(C)NC(C)=C(C(=O)OCC(F)(F)F)[C@H]1c1cccc(N([O-])O)c1. The van der Waals surface area contributed by atoms with E-state index in [4.69, 9.17) is 9.94 Å². The van der Waals surface area contributed by atoms with Crippen LogP contribution in [-0.2, 0) is 19.1 Å². The number of alkyl halides is 3. The molecule has 0 aliphatic carbocycles. The average Bonchev–Trinajstić information content (AvgIpc) is 2.64. The second-order valence-electron chi connectivity index (χ2n) is 6.19. The first-order valence-electron chi connectivity index (χ1n) is 8.23. The van der Waals surface area contributed by atoms with Gasteiger partial charge in [0.1, 0.15) is 0 Å². The monoisotopic (exact) mass is 415 g/mol. The number of benzene rings is 1. The van der Waals surface area contributed by atoms with Crippen LogP contribution < -0.4 is 10.5 Å². The standard InChI is InChI=1S/C18H18F3N2O6/c1-9-13(16(24)28-3)15(11-5-4-6-12(7-11)23(26)27)14(10(2)22-9)17(25)29-8-18(19,20)21/h4-7,15,22,26H,8H2,1-3H3/q-1/t15-/m0/s1. The summed E-state index contributed by atoms with van der Waals surface area (Å²) < 4.78 is 46.6. The normalized spacial score (nSPS) is 17.0. The fraction of sp³-hybridized carbons (Fsp3) is 0.333. The summed E-state index contributed by atoms with van der Waals surface area (Å²) in [5, 5.41) is 22.7. The van der Waals surface area contributed by atoms with Crippen LogP contribution in [0.3, 0.4) is 0 Å². The number of hydrogen-bond acceptors (Lipinski definition) is 8. The van der Waals surface area contributed by atoms with E-state index in [0.29, 0.717) is 5.70 Å². The van der Waals surface area contributed by atoms with E-state index in [1.807, 2.05) is 0 Å². The fourth-order valence-corrected chi connectivity index (χ4v) is 3.03. The Morgan fingerprint density at radius 1 is 1.21 bits per heavy atom. The van der Waals surface area contributed by atoms with Crippen molar-refractivity contribution in [1.29, 1.82) is 0 Å². The Morgan fingerprint density at radius 2 is 1.79 bits per heavy atom. The van der Waals surface area contributed by atoms with Crippen LogP contribution in [0.2, 0.25) is 0 Å². The number of rotatable bonds is 5. The number of ether oxygens (including phenoxy) is 2. The smallest absolute Gasteiger partial charge is 0.422 e. The quantitative estimate of drug-likeness (QED) is 0.558. The third kappa shape index (κ3) is 5.06. The number of allylic oxidation sites excluding steroid dienone is 2. The van der Waals surface area contributed by atoms with Gasteiger partial charge >= 0.3 is 18.1 Å². The van der Waals surface area contributed by atoms with E-state index >= 15 is 0 Å². The zero-order chi connectivity index (χ0) is 21.9. The second-order valence-corrected chi connectivity index (χ2v) is 6.19. The van der Waals surface area contributed by atoms with Crippen molar-refractivity contribution in [3.8, 4) is 0 Å². The molecule has 0 spiro atoms. The van der Waals surface area contributed by atoms with Crippen molar-refractivity contribution < 1.29 is 37.4 Å². The molecule has 0 amide bonds. The summed E-state index contributed by atoms with van der Waals surface area (Å²) in [6.07, 6.45) is -4.74. The highest BCUT2D eigenvalue weighted by Gasteiger charge is 2.39. The van der Waals surface area contributed by atoms with E-state index in [1.54, 1.807) is 0 Å². The lowest BCUT2D eigenvalue weighted by molar-refractivity contribution is -0.183. The van der Waals surface area contributed by atoms with Gasteiger partial charge in [0.2, 0.25) is 0 Å². The first kappa shape index (κ1) is 22.2. The van der Waals surface area contributed by atoms with Crippen LogP contribution in [0.15, 0.2) is 46.8 Å². The number of hydrogen-bond donors (Lipinski definition) is 2. The van der Waals surface area contributed by atoms with Crippen molar-refractivity contribution >= 4 is 17.6 Å². The second kappa shape index (κ2) is 8.53. The Hall–Kier alpha value is -3.05. The molecule has 1 atom stereocenters. The zero-order valence-electron chi connectivity index (χ0n) is 15.7. The molecule has 0 saturated heterocycles. The summed E-state index contributed by atoms with van der Waals surface area (Å²) in [7, 11) is 1.11. The minimum atomic E-state index is -4.74. The van der Waals surface area contributed by atoms with Gasteiger partial charge in [-0.1, -0.05) is 12.1 Å². The van der Waals surface area contributed by atoms with Crippen LogP contribution in [-0.4, -0.2) is 37.0 Å². The number of methoxy groups -OCH3 is 1. The molecule has 1 aromatic carbocycles. The molecule has 1 aromatic rings. The maximum absolute atomic E-state index is 12.5. The van der Waals surface area contributed by atoms with E-state index in [-0.39, 0.29) is 28.1 Å². The number of carbonyl (C=O) groups excluding carboxylic acids is 2. The fourth-order valence-electron chi connectivity index (χ4n) is 3.03. The molecule has 0 unspecified atom stereocenters. The Kier molecular flexibility index (Phi) is 6.55. The summed E-state index contributed by atoms with van der Waals surface area (Å²) >= 11 is 0. The molecule has 0 radical (unpaired) electrons. The third-order valence-corrected chi connectivity index (χ3v) is 4.18. The van der Waals surface area contributed by atoms with Crippen LogP contribution in [0.1, 0.15) is 25.3 Å². The molecule has 0 aromatic heterocycles. The number of dihydropyridines is 1. The van der Waals surface area contributed by atoms with E-state index in [2.05, 4.69) is 10.1 Å².